The minimum absolute atomic E-state index is 0.0421. The third-order valence-electron chi connectivity index (χ3n) is 5.86. The molecule has 4 rings (SSSR count). The fourth-order valence-corrected chi connectivity index (χ4v) is 4.62. The summed E-state index contributed by atoms with van der Waals surface area (Å²) in [4.78, 5) is 44.6. The highest BCUT2D eigenvalue weighted by Crippen LogP contribution is 2.25. The summed E-state index contributed by atoms with van der Waals surface area (Å²) in [7, 11) is 0. The molecule has 1 fully saturated rings. The molecule has 2 heterocycles. The fraction of sp³-hybridized carbons (Fsp3) is 0.348. The van der Waals surface area contributed by atoms with Crippen LogP contribution in [0.5, 0.6) is 0 Å². The number of carbonyl (C=O) groups is 1. The van der Waals surface area contributed by atoms with Gasteiger partial charge >= 0.3 is 5.69 Å². The number of H-pyrrole nitrogens is 1. The second-order valence-electron chi connectivity index (χ2n) is 7.98. The van der Waals surface area contributed by atoms with Crippen molar-refractivity contribution < 1.29 is 4.79 Å². The monoisotopic (exact) mass is 518 g/mol. The van der Waals surface area contributed by atoms with Crippen molar-refractivity contribution in [2.24, 2.45) is 0 Å². The summed E-state index contributed by atoms with van der Waals surface area (Å²) in [6.45, 7) is 5.00. The van der Waals surface area contributed by atoms with Gasteiger partial charge in [0.1, 0.15) is 0 Å². The number of benzene rings is 2. The van der Waals surface area contributed by atoms with Gasteiger partial charge in [-0.25, -0.2) is 4.79 Å². The van der Waals surface area contributed by atoms with Gasteiger partial charge in [-0.15, -0.1) is 0 Å². The number of anilines is 1. The zero-order valence-corrected chi connectivity index (χ0v) is 20.1. The van der Waals surface area contributed by atoms with E-state index in [4.69, 9.17) is 11.6 Å². The summed E-state index contributed by atoms with van der Waals surface area (Å²) < 4.78 is 1.94. The van der Waals surface area contributed by atoms with Crippen LogP contribution in [0.3, 0.4) is 0 Å². The Balaban J connectivity index is 1.35. The van der Waals surface area contributed by atoms with E-state index in [1.54, 1.807) is 18.2 Å². The molecular formula is C23H24BrClN4O3. The topological polar surface area (TPSA) is 78.4 Å². The van der Waals surface area contributed by atoms with Crippen LogP contribution in [-0.2, 0) is 11.3 Å². The Hall–Kier alpha value is -2.58. The Bertz CT molecular complexity index is 1280. The zero-order valence-electron chi connectivity index (χ0n) is 17.7. The maximum absolute atomic E-state index is 12.7. The smallest absolute Gasteiger partial charge is 0.328 e. The first-order chi connectivity index (χ1) is 15.3. The summed E-state index contributed by atoms with van der Waals surface area (Å²) in [6.07, 6.45) is 0.716. The van der Waals surface area contributed by atoms with Gasteiger partial charge in [0.25, 0.3) is 5.56 Å². The molecule has 0 radical (unpaired) electrons. The van der Waals surface area contributed by atoms with Crippen LogP contribution < -0.4 is 16.1 Å². The number of fused-ring (bicyclic) bond motifs is 1. The highest BCUT2D eigenvalue weighted by molar-refractivity contribution is 9.10. The molecule has 0 unspecified atom stereocenters. The quantitative estimate of drug-likeness (QED) is 0.559. The van der Waals surface area contributed by atoms with Crippen molar-refractivity contribution in [3.05, 3.63) is 72.3 Å². The van der Waals surface area contributed by atoms with E-state index in [0.717, 1.165) is 28.8 Å². The standard InChI is InChI=1S/C23H24BrClN4O3/c1-15-4-6-17(25)14-20(15)27-9-11-28(12-10-27)21(30)3-2-8-29-22(31)18-13-16(24)5-7-19(18)26-23(29)32/h4-7,13-14H,2-3,8-12H2,1H3,(H,26,32). The Morgan fingerprint density at radius 3 is 2.59 bits per heavy atom. The average Bonchev–Trinajstić information content (AvgIpc) is 2.78. The molecule has 1 aliphatic rings. The number of halogens is 2. The maximum atomic E-state index is 12.7. The second kappa shape index (κ2) is 9.50. The van der Waals surface area contributed by atoms with Crippen molar-refractivity contribution in [1.29, 1.82) is 0 Å². The molecule has 1 aliphatic heterocycles. The third kappa shape index (κ3) is 4.76. The molecular weight excluding hydrogens is 496 g/mol. The fourth-order valence-electron chi connectivity index (χ4n) is 4.09. The molecule has 0 bridgehead atoms. The number of nitrogens with zero attached hydrogens (tertiary/aromatic N) is 3. The Morgan fingerprint density at radius 1 is 1.09 bits per heavy atom. The molecule has 0 spiro atoms. The number of aromatic amines is 1. The summed E-state index contributed by atoms with van der Waals surface area (Å²) >= 11 is 9.49. The first-order valence-electron chi connectivity index (χ1n) is 10.5. The molecule has 1 N–H and O–H groups in total. The molecule has 7 nitrogen and oxygen atoms in total. The molecule has 0 aliphatic carbocycles. The maximum Gasteiger partial charge on any atom is 0.328 e. The lowest BCUT2D eigenvalue weighted by Gasteiger charge is -2.37. The van der Waals surface area contributed by atoms with E-state index < -0.39 is 5.69 Å². The van der Waals surface area contributed by atoms with Crippen molar-refractivity contribution in [1.82, 2.24) is 14.5 Å². The zero-order chi connectivity index (χ0) is 22.8. The summed E-state index contributed by atoms with van der Waals surface area (Å²) in [5.41, 5.74) is 1.97. The number of rotatable bonds is 5. The number of hydrogen-bond acceptors (Lipinski definition) is 4. The summed E-state index contributed by atoms with van der Waals surface area (Å²) in [5.74, 6) is 0.0421. The molecule has 2 aromatic carbocycles. The SMILES string of the molecule is Cc1ccc(Cl)cc1N1CCN(C(=O)CCCn2c(=O)[nH]c3ccc(Br)cc3c2=O)CC1. The first-order valence-corrected chi connectivity index (χ1v) is 11.7. The van der Waals surface area contributed by atoms with Crippen molar-refractivity contribution in [2.45, 2.75) is 26.3 Å². The third-order valence-corrected chi connectivity index (χ3v) is 6.59. The predicted octanol–water partition coefficient (Wildman–Crippen LogP) is 3.54. The highest BCUT2D eigenvalue weighted by atomic mass is 79.9. The van der Waals surface area contributed by atoms with Crippen molar-refractivity contribution in [3.63, 3.8) is 0 Å². The summed E-state index contributed by atoms with van der Waals surface area (Å²) in [5, 5.41) is 1.15. The number of aryl methyl sites for hydroxylation is 1. The molecule has 3 aromatic rings. The number of aromatic nitrogens is 2. The van der Waals surface area contributed by atoms with Gasteiger partial charge in [0.05, 0.1) is 10.9 Å². The van der Waals surface area contributed by atoms with Crippen LogP contribution in [0.2, 0.25) is 5.02 Å². The Labute approximate surface area is 198 Å². The molecule has 1 amide bonds. The van der Waals surface area contributed by atoms with Crippen LogP contribution in [0.4, 0.5) is 5.69 Å². The summed E-state index contributed by atoms with van der Waals surface area (Å²) in [6, 6.07) is 11.0. The molecule has 9 heteroatoms. The van der Waals surface area contributed by atoms with Crippen molar-refractivity contribution in [2.75, 3.05) is 31.1 Å². The van der Waals surface area contributed by atoms with E-state index in [1.807, 2.05) is 23.1 Å². The van der Waals surface area contributed by atoms with Gasteiger partial charge in [-0.2, -0.15) is 0 Å². The average molecular weight is 520 g/mol. The lowest BCUT2D eigenvalue weighted by molar-refractivity contribution is -0.131. The van der Waals surface area contributed by atoms with Gasteiger partial charge in [0, 0.05) is 54.3 Å². The molecule has 168 valence electrons. The molecule has 32 heavy (non-hydrogen) atoms. The molecule has 1 saturated heterocycles. The number of nitrogens with one attached hydrogen (secondary N) is 1. The number of piperazine rings is 1. The van der Waals surface area contributed by atoms with Gasteiger partial charge in [0.2, 0.25) is 5.91 Å². The van der Waals surface area contributed by atoms with Crippen LogP contribution in [0, 0.1) is 6.92 Å². The van der Waals surface area contributed by atoms with Gasteiger partial charge in [-0.3, -0.25) is 14.2 Å². The predicted molar refractivity (Wildman–Crippen MR) is 131 cm³/mol. The van der Waals surface area contributed by atoms with Gasteiger partial charge < -0.3 is 14.8 Å². The molecule has 0 saturated carbocycles. The number of amides is 1. The first kappa shape index (κ1) is 22.6. The number of hydrogen-bond donors (Lipinski definition) is 1. The van der Waals surface area contributed by atoms with E-state index in [-0.39, 0.29) is 18.0 Å². The van der Waals surface area contributed by atoms with E-state index in [9.17, 15) is 14.4 Å². The van der Waals surface area contributed by atoms with Gasteiger partial charge in [-0.05, 0) is 49.2 Å². The van der Waals surface area contributed by atoms with Crippen molar-refractivity contribution in [3.8, 4) is 0 Å². The minimum Gasteiger partial charge on any atom is -0.368 e. The van der Waals surface area contributed by atoms with E-state index in [1.165, 1.54) is 4.57 Å². The van der Waals surface area contributed by atoms with Crippen LogP contribution in [-0.4, -0.2) is 46.5 Å². The van der Waals surface area contributed by atoms with E-state index >= 15 is 0 Å². The Morgan fingerprint density at radius 2 is 1.84 bits per heavy atom. The van der Waals surface area contributed by atoms with Crippen LogP contribution in [0.1, 0.15) is 18.4 Å². The normalized spacial score (nSPS) is 14.2. The lowest BCUT2D eigenvalue weighted by Crippen LogP contribution is -2.49. The minimum atomic E-state index is -0.456. The van der Waals surface area contributed by atoms with E-state index in [0.29, 0.717) is 41.9 Å². The highest BCUT2D eigenvalue weighted by Gasteiger charge is 2.22. The Kier molecular flexibility index (Phi) is 6.71. The second-order valence-corrected chi connectivity index (χ2v) is 9.33. The van der Waals surface area contributed by atoms with Crippen LogP contribution in [0.25, 0.3) is 10.9 Å². The molecule has 0 atom stereocenters. The lowest BCUT2D eigenvalue weighted by atomic mass is 10.1. The van der Waals surface area contributed by atoms with Gasteiger partial charge in [-0.1, -0.05) is 33.6 Å². The van der Waals surface area contributed by atoms with Crippen molar-refractivity contribution >= 4 is 50.0 Å². The molecule has 1 aromatic heterocycles. The largest absolute Gasteiger partial charge is 0.368 e. The van der Waals surface area contributed by atoms with E-state index in [2.05, 4.69) is 32.7 Å². The van der Waals surface area contributed by atoms with Crippen LogP contribution >= 0.6 is 27.5 Å². The van der Waals surface area contributed by atoms with Gasteiger partial charge in [0.15, 0.2) is 0 Å². The number of carbonyl (C=O) groups excluding carboxylic acids is 1. The van der Waals surface area contributed by atoms with Crippen LogP contribution in [0.15, 0.2) is 50.5 Å².